The van der Waals surface area contributed by atoms with E-state index in [0.29, 0.717) is 0 Å². The van der Waals surface area contributed by atoms with E-state index in [1.165, 1.54) is 0 Å². The molecule has 0 bridgehead atoms. The Morgan fingerprint density at radius 1 is 1.62 bits per heavy atom. The van der Waals surface area contributed by atoms with Crippen molar-refractivity contribution >= 4 is 17.5 Å². The Kier molecular flexibility index (Phi) is 0.841. The maximum Gasteiger partial charge on any atom is 0.226 e. The summed E-state index contributed by atoms with van der Waals surface area (Å²) < 4.78 is 80.6. The summed E-state index contributed by atoms with van der Waals surface area (Å²) in [5.74, 6) is -0.873. The molecule has 4 nitrogen and oxygen atoms in total. The third-order valence-corrected chi connectivity index (χ3v) is 1.31. The maximum absolute atomic E-state index is 7.81. The summed E-state index contributed by atoms with van der Waals surface area (Å²) in [5.41, 5.74) is 0. The lowest BCUT2D eigenvalue weighted by molar-refractivity contribution is 0.122. The van der Waals surface area contributed by atoms with Crippen LogP contribution in [-0.2, 0) is 4.74 Å². The highest BCUT2D eigenvalue weighted by atomic mass is 35.5. The number of hydrogen-bond acceptors (Lipinski definition) is 4. The highest BCUT2D eigenvalue weighted by Crippen LogP contribution is 2.11. The third-order valence-electron chi connectivity index (χ3n) is 1.13. The molecule has 0 aromatic carbocycles. The Balaban J connectivity index is 2.74. The van der Waals surface area contributed by atoms with Gasteiger partial charge in [0.1, 0.15) is 5.15 Å². The van der Waals surface area contributed by atoms with Gasteiger partial charge in [-0.2, -0.15) is 0 Å². The van der Waals surface area contributed by atoms with E-state index in [-0.39, 0.29) is 4.90 Å². The van der Waals surface area contributed by atoms with Gasteiger partial charge in [0.05, 0.1) is 26.8 Å². The van der Waals surface area contributed by atoms with Gasteiger partial charge in [-0.3, -0.25) is 0 Å². The van der Waals surface area contributed by atoms with Crippen LogP contribution in [0.1, 0.15) is 13.7 Å². The summed E-state index contributed by atoms with van der Waals surface area (Å²) >= 11 is 5.62. The van der Waals surface area contributed by atoms with Crippen LogP contribution in [0.4, 0.5) is 5.95 Å². The van der Waals surface area contributed by atoms with Crippen molar-refractivity contribution in [3.8, 4) is 0 Å². The summed E-state index contributed by atoms with van der Waals surface area (Å²) in [4.78, 5) is 6.90. The fourth-order valence-electron chi connectivity index (χ4n) is 0.655. The number of hydrogen-bond donors (Lipinski definition) is 0. The average molecular weight is 210 g/mol. The van der Waals surface area contributed by atoms with Gasteiger partial charge in [-0.1, -0.05) is 11.6 Å². The van der Waals surface area contributed by atoms with E-state index in [1.807, 2.05) is 0 Å². The second kappa shape index (κ2) is 3.89. The van der Waals surface area contributed by atoms with Gasteiger partial charge < -0.3 is 9.64 Å². The van der Waals surface area contributed by atoms with Crippen LogP contribution < -0.4 is 4.90 Å². The van der Waals surface area contributed by atoms with Crippen LogP contribution in [0.15, 0.2) is 12.2 Å². The van der Waals surface area contributed by atoms with Gasteiger partial charge >= 0.3 is 0 Å². The number of nitrogens with zero attached hydrogens (tertiary/aromatic N) is 3. The van der Waals surface area contributed by atoms with Gasteiger partial charge in [-0.05, 0) is 6.04 Å². The fourth-order valence-corrected chi connectivity index (χ4v) is 0.773. The molecule has 1 fully saturated rings. The first-order valence-electron chi connectivity index (χ1n) is 8.16. The molecular formula is C8H10ClN3O. The van der Waals surface area contributed by atoms with Crippen LogP contribution >= 0.6 is 11.6 Å². The molecule has 0 amide bonds. The molecule has 1 aromatic rings. The van der Waals surface area contributed by atoms with E-state index < -0.39 is 49.4 Å². The third kappa shape index (κ3) is 2.08. The minimum Gasteiger partial charge on any atom is -0.378 e. The van der Waals surface area contributed by atoms with Crippen LogP contribution in [0.2, 0.25) is 5.15 Å². The molecule has 0 saturated carbocycles. The summed E-state index contributed by atoms with van der Waals surface area (Å²) in [5, 5.41) is -0.584. The average Bonchev–Trinajstić information content (AvgIpc) is 2.32. The van der Waals surface area contributed by atoms with Crippen LogP contribution in [0.5, 0.6) is 0 Å². The van der Waals surface area contributed by atoms with Crippen molar-refractivity contribution in [3.63, 3.8) is 0 Å². The zero-order chi connectivity index (χ0) is 18.0. The quantitative estimate of drug-likeness (QED) is 0.646. The predicted molar refractivity (Wildman–Crippen MR) is 50.1 cm³/mol. The molecule has 2 rings (SSSR count). The van der Waals surface area contributed by atoms with Gasteiger partial charge in [0, 0.05) is 19.2 Å². The van der Waals surface area contributed by atoms with Gasteiger partial charge in [-0.15, -0.1) is 0 Å². The van der Waals surface area contributed by atoms with Crippen LogP contribution in [0.3, 0.4) is 0 Å². The first-order valence-corrected chi connectivity index (χ1v) is 3.54. The first-order chi connectivity index (χ1) is 10.1. The molecule has 1 aromatic heterocycles. The van der Waals surface area contributed by atoms with Crippen molar-refractivity contribution in [3.05, 3.63) is 17.4 Å². The standard InChI is InChI=1S/C8H10ClN3O/c9-7-1-2-10-8(11-7)12-3-5-13-6-4-12/h1-2H,3-6H2/i1D,2D,3D2,4D2,5D2,6D2. The summed E-state index contributed by atoms with van der Waals surface area (Å²) in [6.07, 6.45) is -0.751. The van der Waals surface area contributed by atoms with Gasteiger partial charge in [-0.25, -0.2) is 9.97 Å². The van der Waals surface area contributed by atoms with E-state index in [9.17, 15) is 0 Å². The topological polar surface area (TPSA) is 38.2 Å². The molecule has 70 valence electrons. The van der Waals surface area contributed by atoms with Crippen molar-refractivity contribution < 1.29 is 18.4 Å². The molecule has 13 heavy (non-hydrogen) atoms. The molecule has 1 aliphatic heterocycles. The highest BCUT2D eigenvalue weighted by molar-refractivity contribution is 6.29. The maximum atomic E-state index is 7.81. The van der Waals surface area contributed by atoms with E-state index in [4.69, 9.17) is 25.3 Å². The fraction of sp³-hybridized carbons (Fsp3) is 0.500. The number of aromatic nitrogens is 2. The smallest absolute Gasteiger partial charge is 0.226 e. The summed E-state index contributed by atoms with van der Waals surface area (Å²) in [6, 6.07) is -0.587. The molecule has 0 spiro atoms. The minimum absolute atomic E-state index is 0.00708. The summed E-state index contributed by atoms with van der Waals surface area (Å²) in [6.45, 7) is -13.0. The molecule has 1 saturated heterocycles. The van der Waals surface area contributed by atoms with Crippen LogP contribution in [0.25, 0.3) is 0 Å². The Bertz CT molecular complexity index is 604. The monoisotopic (exact) mass is 209 g/mol. The number of anilines is 1. The lowest BCUT2D eigenvalue weighted by atomic mass is 10.4. The molecule has 0 aliphatic carbocycles. The van der Waals surface area contributed by atoms with Gasteiger partial charge in [0.25, 0.3) is 0 Å². The number of rotatable bonds is 1. The molecular weight excluding hydrogens is 190 g/mol. The Morgan fingerprint density at radius 3 is 3.08 bits per heavy atom. The second-order valence-electron chi connectivity index (χ2n) is 1.92. The van der Waals surface area contributed by atoms with E-state index in [1.54, 1.807) is 0 Å². The Hall–Kier alpha value is -0.870. The number of morpholine rings is 1. The molecule has 2 heterocycles. The van der Waals surface area contributed by atoms with E-state index in [0.717, 1.165) is 0 Å². The lowest BCUT2D eigenvalue weighted by Crippen LogP contribution is -2.37. The van der Waals surface area contributed by atoms with Crippen LogP contribution in [-0.4, -0.2) is 36.1 Å². The van der Waals surface area contributed by atoms with Crippen molar-refractivity contribution in [2.45, 2.75) is 0 Å². The van der Waals surface area contributed by atoms with Gasteiger partial charge in [0.15, 0.2) is 0 Å². The lowest BCUT2D eigenvalue weighted by Gasteiger charge is -2.26. The van der Waals surface area contributed by atoms with Crippen molar-refractivity contribution in [1.82, 2.24) is 9.97 Å². The van der Waals surface area contributed by atoms with Crippen molar-refractivity contribution in [1.29, 1.82) is 0 Å². The van der Waals surface area contributed by atoms with Crippen molar-refractivity contribution in [2.24, 2.45) is 0 Å². The summed E-state index contributed by atoms with van der Waals surface area (Å²) in [7, 11) is 0. The van der Waals surface area contributed by atoms with E-state index in [2.05, 4.69) is 14.7 Å². The minimum atomic E-state index is -3.26. The SMILES string of the molecule is [2H]c1nc(N2C([2H])([2H])C([2H])([2H])OC([2H])([2H])C2([2H])[2H])nc(Cl)c1[2H]. The van der Waals surface area contributed by atoms with E-state index >= 15 is 0 Å². The predicted octanol–water partition coefficient (Wildman–Crippen LogP) is 0.967. The largest absolute Gasteiger partial charge is 0.378 e. The van der Waals surface area contributed by atoms with Gasteiger partial charge in [0.2, 0.25) is 5.95 Å². The van der Waals surface area contributed by atoms with Crippen LogP contribution in [0, 0.1) is 0 Å². The normalized spacial score (nSPS) is 44.2. The molecule has 0 N–H and O–H groups in total. The first kappa shape index (κ1) is 2.81. The molecule has 1 aliphatic rings. The molecule has 5 heteroatoms. The Morgan fingerprint density at radius 2 is 2.38 bits per heavy atom. The highest BCUT2D eigenvalue weighted by Gasteiger charge is 2.13. The number of halogens is 1. The molecule has 0 unspecified atom stereocenters. The molecule has 0 radical (unpaired) electrons. The second-order valence-corrected chi connectivity index (χ2v) is 2.27. The zero-order valence-corrected chi connectivity index (χ0v) is 6.88. The molecule has 0 atom stereocenters. The zero-order valence-electron chi connectivity index (χ0n) is 16.1. The number of ether oxygens (including phenoxy) is 1. The van der Waals surface area contributed by atoms with Crippen molar-refractivity contribution in [2.75, 3.05) is 31.0 Å². The Labute approximate surface area is 95.6 Å².